The van der Waals surface area contributed by atoms with Crippen LogP contribution in [0.5, 0.6) is 0 Å². The van der Waals surface area contributed by atoms with Gasteiger partial charge in [0.25, 0.3) is 0 Å². The van der Waals surface area contributed by atoms with Crippen LogP contribution in [0.15, 0.2) is 35.4 Å². The van der Waals surface area contributed by atoms with Gasteiger partial charge in [-0.3, -0.25) is 0 Å². The van der Waals surface area contributed by atoms with Crippen molar-refractivity contribution in [1.82, 2.24) is 14.3 Å². The fourth-order valence-electron chi connectivity index (χ4n) is 2.67. The summed E-state index contributed by atoms with van der Waals surface area (Å²) in [6.07, 6.45) is 1.70. The first-order valence-electron chi connectivity index (χ1n) is 7.17. The first kappa shape index (κ1) is 15.2. The van der Waals surface area contributed by atoms with Gasteiger partial charge in [-0.2, -0.15) is 4.31 Å². The van der Waals surface area contributed by atoms with Gasteiger partial charge < -0.3 is 9.72 Å². The fraction of sp³-hybridized carbons (Fsp3) is 0.400. The number of aryl methyl sites for hydroxylation is 2. The lowest BCUT2D eigenvalue weighted by molar-refractivity contribution is 0.0292. The van der Waals surface area contributed by atoms with Crippen molar-refractivity contribution in [3.63, 3.8) is 0 Å². The van der Waals surface area contributed by atoms with Gasteiger partial charge in [-0.1, -0.05) is 18.2 Å². The lowest BCUT2D eigenvalue weighted by Gasteiger charge is -2.33. The minimum Gasteiger partial charge on any atom is -0.378 e. The standard InChI is InChI=1S/C15H19N3O3S/c1-11-5-3-4-6-14(11)22(19,20)18-7-8-21-10-13(18)15-16-9-12(2)17-15/h3-6,9,13H,7-8,10H2,1-2H3,(H,16,17). The Balaban J connectivity index is 2.02. The third kappa shape index (κ3) is 2.67. The van der Waals surface area contributed by atoms with E-state index in [0.717, 1.165) is 11.3 Å². The lowest BCUT2D eigenvalue weighted by atomic mass is 10.2. The van der Waals surface area contributed by atoms with Crippen molar-refractivity contribution < 1.29 is 13.2 Å². The molecule has 1 atom stereocenters. The molecule has 0 radical (unpaired) electrons. The Morgan fingerprint density at radius 1 is 1.32 bits per heavy atom. The van der Waals surface area contributed by atoms with E-state index in [-0.39, 0.29) is 0 Å². The Morgan fingerprint density at radius 2 is 2.09 bits per heavy atom. The summed E-state index contributed by atoms with van der Waals surface area (Å²) in [6, 6.07) is 6.60. The Kier molecular flexibility index (Phi) is 4.03. The largest absolute Gasteiger partial charge is 0.378 e. The Morgan fingerprint density at radius 3 is 2.77 bits per heavy atom. The monoisotopic (exact) mass is 321 g/mol. The predicted octanol–water partition coefficient (Wildman–Crippen LogP) is 1.79. The molecule has 1 aromatic heterocycles. The van der Waals surface area contributed by atoms with Crippen molar-refractivity contribution in [3.05, 3.63) is 47.5 Å². The zero-order valence-corrected chi connectivity index (χ0v) is 13.4. The molecular weight excluding hydrogens is 302 g/mol. The van der Waals surface area contributed by atoms with Crippen LogP contribution in [0.2, 0.25) is 0 Å². The molecule has 22 heavy (non-hydrogen) atoms. The molecule has 0 aliphatic carbocycles. The van der Waals surface area contributed by atoms with Gasteiger partial charge in [0.05, 0.1) is 18.1 Å². The molecule has 2 heterocycles. The first-order valence-corrected chi connectivity index (χ1v) is 8.61. The van der Waals surface area contributed by atoms with Crippen LogP contribution in [0, 0.1) is 13.8 Å². The molecular formula is C15H19N3O3S. The van der Waals surface area contributed by atoms with Crippen molar-refractivity contribution in [2.24, 2.45) is 0 Å². The highest BCUT2D eigenvalue weighted by molar-refractivity contribution is 7.89. The number of aromatic nitrogens is 2. The van der Waals surface area contributed by atoms with E-state index in [1.165, 1.54) is 4.31 Å². The number of hydrogen-bond donors (Lipinski definition) is 1. The number of ether oxygens (including phenoxy) is 1. The van der Waals surface area contributed by atoms with Crippen molar-refractivity contribution in [2.75, 3.05) is 19.8 Å². The molecule has 1 saturated heterocycles. The number of aromatic amines is 1. The van der Waals surface area contributed by atoms with Gasteiger partial charge in [0.1, 0.15) is 11.9 Å². The molecule has 6 nitrogen and oxygen atoms in total. The number of H-pyrrole nitrogens is 1. The smallest absolute Gasteiger partial charge is 0.244 e. The molecule has 1 aliphatic heterocycles. The van der Waals surface area contributed by atoms with E-state index in [1.54, 1.807) is 31.3 Å². The summed E-state index contributed by atoms with van der Waals surface area (Å²) in [5.74, 6) is 0.620. The van der Waals surface area contributed by atoms with Crippen molar-refractivity contribution in [1.29, 1.82) is 0 Å². The second-order valence-corrected chi connectivity index (χ2v) is 7.28. The number of imidazole rings is 1. The van der Waals surface area contributed by atoms with E-state index in [2.05, 4.69) is 9.97 Å². The molecule has 0 amide bonds. The number of hydrogen-bond acceptors (Lipinski definition) is 4. The molecule has 3 rings (SSSR count). The Bertz CT molecular complexity index is 770. The van der Waals surface area contributed by atoms with Crippen LogP contribution in [0.25, 0.3) is 0 Å². The average molecular weight is 321 g/mol. The fourth-order valence-corrected chi connectivity index (χ4v) is 4.45. The molecule has 1 aliphatic rings. The maximum atomic E-state index is 13.0. The van der Waals surface area contributed by atoms with Crippen LogP contribution in [0.4, 0.5) is 0 Å². The highest BCUT2D eigenvalue weighted by Gasteiger charge is 2.37. The van der Waals surface area contributed by atoms with E-state index >= 15 is 0 Å². The second-order valence-electron chi connectivity index (χ2n) is 5.42. The lowest BCUT2D eigenvalue weighted by Crippen LogP contribution is -2.43. The summed E-state index contributed by atoms with van der Waals surface area (Å²) in [5, 5.41) is 0. The van der Waals surface area contributed by atoms with E-state index < -0.39 is 16.1 Å². The normalized spacial score (nSPS) is 20.2. The molecule has 0 spiro atoms. The van der Waals surface area contributed by atoms with Crippen molar-refractivity contribution in [2.45, 2.75) is 24.8 Å². The number of benzene rings is 1. The molecule has 0 bridgehead atoms. The molecule has 118 valence electrons. The first-order chi connectivity index (χ1) is 10.5. The zero-order valence-electron chi connectivity index (χ0n) is 12.6. The van der Waals surface area contributed by atoms with Crippen LogP contribution < -0.4 is 0 Å². The van der Waals surface area contributed by atoms with Gasteiger partial charge in [0.2, 0.25) is 10.0 Å². The zero-order chi connectivity index (χ0) is 15.7. The van der Waals surface area contributed by atoms with Crippen molar-refractivity contribution in [3.8, 4) is 0 Å². The van der Waals surface area contributed by atoms with Gasteiger partial charge in [-0.15, -0.1) is 0 Å². The maximum absolute atomic E-state index is 13.0. The third-order valence-corrected chi connectivity index (χ3v) is 5.87. The van der Waals surface area contributed by atoms with E-state index in [9.17, 15) is 8.42 Å². The van der Waals surface area contributed by atoms with Crippen LogP contribution in [-0.2, 0) is 14.8 Å². The SMILES string of the molecule is Cc1cnc(C2COCCN2S(=O)(=O)c2ccccc2C)[nH]1. The molecule has 0 saturated carbocycles. The number of sulfonamides is 1. The molecule has 1 fully saturated rings. The van der Waals surface area contributed by atoms with E-state index in [4.69, 9.17) is 4.74 Å². The Hall–Kier alpha value is -1.70. The van der Waals surface area contributed by atoms with E-state index in [1.807, 2.05) is 13.0 Å². The van der Waals surface area contributed by atoms with Gasteiger partial charge in [-0.25, -0.2) is 13.4 Å². The Labute approximate surface area is 130 Å². The molecule has 1 N–H and O–H groups in total. The maximum Gasteiger partial charge on any atom is 0.244 e. The minimum atomic E-state index is -3.59. The minimum absolute atomic E-state index is 0.304. The number of rotatable bonds is 3. The molecule has 1 unspecified atom stereocenters. The number of morpholine rings is 1. The quantitative estimate of drug-likeness (QED) is 0.935. The summed E-state index contributed by atoms with van der Waals surface area (Å²) in [6.45, 7) is 4.71. The van der Waals surface area contributed by atoms with Crippen LogP contribution in [-0.4, -0.2) is 42.4 Å². The summed E-state index contributed by atoms with van der Waals surface area (Å²) in [7, 11) is -3.59. The van der Waals surface area contributed by atoms with Crippen LogP contribution >= 0.6 is 0 Å². The summed E-state index contributed by atoms with van der Waals surface area (Å²) in [5.41, 5.74) is 1.64. The third-order valence-electron chi connectivity index (χ3n) is 3.80. The second kappa shape index (κ2) is 5.83. The topological polar surface area (TPSA) is 75.3 Å². The van der Waals surface area contributed by atoms with Crippen molar-refractivity contribution >= 4 is 10.0 Å². The van der Waals surface area contributed by atoms with Gasteiger partial charge in [0, 0.05) is 18.4 Å². The summed E-state index contributed by atoms with van der Waals surface area (Å²) < 4.78 is 33.0. The van der Waals surface area contributed by atoms with Gasteiger partial charge in [-0.05, 0) is 25.5 Å². The summed E-state index contributed by atoms with van der Waals surface area (Å²) in [4.78, 5) is 7.73. The number of nitrogens with zero attached hydrogens (tertiary/aromatic N) is 2. The van der Waals surface area contributed by atoms with Gasteiger partial charge in [0.15, 0.2) is 0 Å². The average Bonchev–Trinajstić information content (AvgIpc) is 2.94. The highest BCUT2D eigenvalue weighted by atomic mass is 32.2. The van der Waals surface area contributed by atoms with Crippen LogP contribution in [0.3, 0.4) is 0 Å². The summed E-state index contributed by atoms with van der Waals surface area (Å²) >= 11 is 0. The molecule has 1 aromatic carbocycles. The molecule has 2 aromatic rings. The highest BCUT2D eigenvalue weighted by Crippen LogP contribution is 2.30. The number of nitrogens with one attached hydrogen (secondary N) is 1. The predicted molar refractivity (Wildman–Crippen MR) is 82.0 cm³/mol. The van der Waals surface area contributed by atoms with Gasteiger partial charge >= 0.3 is 0 Å². The van der Waals surface area contributed by atoms with E-state index in [0.29, 0.717) is 30.5 Å². The van der Waals surface area contributed by atoms with Crippen LogP contribution in [0.1, 0.15) is 23.1 Å². The molecule has 7 heteroatoms.